The van der Waals surface area contributed by atoms with Crippen molar-refractivity contribution < 1.29 is 8.42 Å². The number of nitrogens with zero attached hydrogens (tertiary/aromatic N) is 3. The molecule has 0 unspecified atom stereocenters. The van der Waals surface area contributed by atoms with Gasteiger partial charge in [0.15, 0.2) is 5.03 Å². The molecule has 0 amide bonds. The Morgan fingerprint density at radius 3 is 2.58 bits per heavy atom. The van der Waals surface area contributed by atoms with Gasteiger partial charge in [-0.05, 0) is 25.5 Å². The number of nitrogens with two attached hydrogens (primary N) is 1. The maximum Gasteiger partial charge on any atom is 0.257 e. The van der Waals surface area contributed by atoms with Crippen molar-refractivity contribution in [2.75, 3.05) is 0 Å². The Labute approximate surface area is 111 Å². The van der Waals surface area contributed by atoms with Crippen molar-refractivity contribution in [3.05, 3.63) is 41.1 Å². The molecule has 0 aliphatic carbocycles. The molecule has 0 atom stereocenters. The van der Waals surface area contributed by atoms with Gasteiger partial charge < -0.3 is 0 Å². The predicted molar refractivity (Wildman–Crippen MR) is 69.1 cm³/mol. The van der Waals surface area contributed by atoms with Crippen LogP contribution in [0.3, 0.4) is 0 Å². The first kappa shape index (κ1) is 13.3. The lowest BCUT2D eigenvalue weighted by atomic mass is 10.1. The average Bonchev–Trinajstić information content (AvgIpc) is 2.72. The van der Waals surface area contributed by atoms with Gasteiger partial charge in [-0.15, -0.1) is 0 Å². The van der Waals surface area contributed by atoms with Gasteiger partial charge in [0.2, 0.25) is 0 Å². The molecule has 1 aromatic carbocycles. The third-order valence-electron chi connectivity index (χ3n) is 2.70. The fourth-order valence-corrected chi connectivity index (χ4v) is 2.69. The average molecular weight is 276 g/mol. The van der Waals surface area contributed by atoms with Crippen molar-refractivity contribution in [1.82, 2.24) is 9.78 Å². The van der Waals surface area contributed by atoms with Gasteiger partial charge in [0.25, 0.3) is 10.0 Å². The van der Waals surface area contributed by atoms with Gasteiger partial charge in [0.05, 0.1) is 11.9 Å². The van der Waals surface area contributed by atoms with E-state index in [1.165, 1.54) is 10.9 Å². The molecule has 7 heteroatoms. The number of hydrogen-bond acceptors (Lipinski definition) is 4. The van der Waals surface area contributed by atoms with Gasteiger partial charge >= 0.3 is 0 Å². The Kier molecular flexibility index (Phi) is 3.14. The van der Waals surface area contributed by atoms with Crippen LogP contribution in [0.25, 0.3) is 5.69 Å². The summed E-state index contributed by atoms with van der Waals surface area (Å²) in [6.07, 6.45) is 1.19. The second-order valence-electron chi connectivity index (χ2n) is 4.22. The summed E-state index contributed by atoms with van der Waals surface area (Å²) in [4.78, 5) is 0. The fourth-order valence-electron chi connectivity index (χ4n) is 1.90. The van der Waals surface area contributed by atoms with Crippen LogP contribution in [0.15, 0.2) is 29.4 Å². The first-order valence-electron chi connectivity index (χ1n) is 5.43. The van der Waals surface area contributed by atoms with E-state index >= 15 is 0 Å². The van der Waals surface area contributed by atoms with Gasteiger partial charge in [-0.3, -0.25) is 0 Å². The second kappa shape index (κ2) is 4.50. The van der Waals surface area contributed by atoms with E-state index in [1.807, 2.05) is 26.0 Å². The van der Waals surface area contributed by atoms with Crippen molar-refractivity contribution in [2.24, 2.45) is 5.14 Å². The van der Waals surface area contributed by atoms with Crippen molar-refractivity contribution in [3.8, 4) is 11.8 Å². The molecule has 6 nitrogen and oxygen atoms in total. The van der Waals surface area contributed by atoms with Crippen LogP contribution in [0, 0.1) is 25.2 Å². The van der Waals surface area contributed by atoms with Gasteiger partial charge in [-0.25, -0.2) is 18.2 Å². The van der Waals surface area contributed by atoms with Crippen LogP contribution in [0.1, 0.15) is 16.7 Å². The van der Waals surface area contributed by atoms with E-state index in [1.54, 1.807) is 12.1 Å². The normalized spacial score (nSPS) is 11.3. The van der Waals surface area contributed by atoms with Crippen LogP contribution in [0.5, 0.6) is 0 Å². The van der Waals surface area contributed by atoms with E-state index in [-0.39, 0.29) is 10.6 Å². The number of primary sulfonamides is 1. The molecule has 0 saturated heterocycles. The van der Waals surface area contributed by atoms with Crippen molar-refractivity contribution in [2.45, 2.75) is 18.9 Å². The molecule has 1 heterocycles. The highest BCUT2D eigenvalue weighted by Crippen LogP contribution is 2.21. The minimum atomic E-state index is -4.03. The molecule has 0 saturated carbocycles. The summed E-state index contributed by atoms with van der Waals surface area (Å²) in [5.41, 5.74) is 2.40. The first-order valence-corrected chi connectivity index (χ1v) is 6.98. The van der Waals surface area contributed by atoms with Gasteiger partial charge in [0, 0.05) is 0 Å². The summed E-state index contributed by atoms with van der Waals surface area (Å²) in [5.74, 6) is 0. The number of benzene rings is 1. The molecule has 1 aromatic heterocycles. The summed E-state index contributed by atoms with van der Waals surface area (Å²) in [6, 6.07) is 7.26. The molecule has 0 aliphatic rings. The maximum atomic E-state index is 11.6. The number of hydrogen-bond donors (Lipinski definition) is 1. The van der Waals surface area contributed by atoms with Crippen LogP contribution in [0.2, 0.25) is 0 Å². The summed E-state index contributed by atoms with van der Waals surface area (Å²) in [7, 11) is -4.03. The van der Waals surface area contributed by atoms with E-state index in [0.29, 0.717) is 5.69 Å². The highest BCUT2D eigenvalue weighted by molar-refractivity contribution is 7.89. The third kappa shape index (κ3) is 2.36. The van der Waals surface area contributed by atoms with E-state index in [4.69, 9.17) is 10.4 Å². The monoisotopic (exact) mass is 276 g/mol. The molecular weight excluding hydrogens is 264 g/mol. The number of nitriles is 1. The molecular formula is C12H12N4O2S. The van der Waals surface area contributed by atoms with Gasteiger partial charge in [-0.1, -0.05) is 17.7 Å². The van der Waals surface area contributed by atoms with Crippen LogP contribution < -0.4 is 5.14 Å². The predicted octanol–water partition coefficient (Wildman–Crippen LogP) is 1.01. The van der Waals surface area contributed by atoms with Crippen molar-refractivity contribution in [1.29, 1.82) is 5.26 Å². The minimum absolute atomic E-state index is 0.0672. The Balaban J connectivity index is 2.78. The lowest BCUT2D eigenvalue weighted by molar-refractivity contribution is 0.587. The van der Waals surface area contributed by atoms with Crippen LogP contribution in [-0.4, -0.2) is 18.2 Å². The topological polar surface area (TPSA) is 102 Å². The lowest BCUT2D eigenvalue weighted by Crippen LogP contribution is -2.18. The number of aromatic nitrogens is 2. The Bertz CT molecular complexity index is 785. The second-order valence-corrected chi connectivity index (χ2v) is 5.70. The Hall–Kier alpha value is -2.17. The van der Waals surface area contributed by atoms with E-state index in [2.05, 4.69) is 5.10 Å². The molecule has 2 rings (SSSR count). The van der Waals surface area contributed by atoms with Crippen LogP contribution >= 0.6 is 0 Å². The molecule has 2 N–H and O–H groups in total. The zero-order chi connectivity index (χ0) is 14.2. The highest BCUT2D eigenvalue weighted by Gasteiger charge is 2.22. The number of rotatable bonds is 2. The summed E-state index contributed by atoms with van der Waals surface area (Å²) in [6.45, 7) is 3.77. The van der Waals surface area contributed by atoms with Crippen LogP contribution in [-0.2, 0) is 10.0 Å². The number of aryl methyl sites for hydroxylation is 2. The lowest BCUT2D eigenvalue weighted by Gasteiger charge is -2.09. The zero-order valence-corrected chi connectivity index (χ0v) is 11.3. The minimum Gasteiger partial charge on any atom is -0.223 e. The molecule has 0 aliphatic heterocycles. The SMILES string of the molecule is Cc1ccc(-n2ncc(C#N)c2S(N)(=O)=O)c(C)c1. The molecule has 98 valence electrons. The molecule has 0 spiro atoms. The molecule has 2 aromatic rings. The molecule has 0 bridgehead atoms. The smallest absolute Gasteiger partial charge is 0.223 e. The summed E-state index contributed by atoms with van der Waals surface area (Å²) in [5, 5.41) is 17.7. The Morgan fingerprint density at radius 1 is 1.37 bits per heavy atom. The standard InChI is InChI=1S/C12H12N4O2S/c1-8-3-4-11(9(2)5-8)16-12(19(14,17)18)10(6-13)7-15-16/h3-5,7H,1-2H3,(H2,14,17,18). The van der Waals surface area contributed by atoms with E-state index < -0.39 is 10.0 Å². The molecule has 0 fully saturated rings. The summed E-state index contributed by atoms with van der Waals surface area (Å²) < 4.78 is 24.4. The van der Waals surface area contributed by atoms with Crippen molar-refractivity contribution in [3.63, 3.8) is 0 Å². The van der Waals surface area contributed by atoms with E-state index in [0.717, 1.165) is 11.1 Å². The molecule has 0 radical (unpaired) electrons. The number of sulfonamides is 1. The van der Waals surface area contributed by atoms with Gasteiger partial charge in [0.1, 0.15) is 11.6 Å². The Morgan fingerprint density at radius 2 is 2.05 bits per heavy atom. The maximum absolute atomic E-state index is 11.6. The zero-order valence-electron chi connectivity index (χ0n) is 10.5. The highest BCUT2D eigenvalue weighted by atomic mass is 32.2. The largest absolute Gasteiger partial charge is 0.257 e. The third-order valence-corrected chi connectivity index (χ3v) is 3.63. The molecule has 19 heavy (non-hydrogen) atoms. The van der Waals surface area contributed by atoms with Gasteiger partial charge in [-0.2, -0.15) is 10.4 Å². The summed E-state index contributed by atoms with van der Waals surface area (Å²) >= 11 is 0. The quantitative estimate of drug-likeness (QED) is 0.884. The first-order chi connectivity index (χ1) is 8.84. The van der Waals surface area contributed by atoms with E-state index in [9.17, 15) is 8.42 Å². The fraction of sp³-hybridized carbons (Fsp3) is 0.167. The van der Waals surface area contributed by atoms with Crippen LogP contribution in [0.4, 0.5) is 0 Å². The van der Waals surface area contributed by atoms with Crippen molar-refractivity contribution >= 4 is 10.0 Å².